The Morgan fingerprint density at radius 2 is 2.04 bits per heavy atom. The van der Waals surface area contributed by atoms with Gasteiger partial charge in [0.1, 0.15) is 10.6 Å². The van der Waals surface area contributed by atoms with Crippen molar-refractivity contribution in [3.05, 3.63) is 46.3 Å². The largest absolute Gasteiger partial charge is 0.447 e. The van der Waals surface area contributed by atoms with Crippen LogP contribution < -0.4 is 15.8 Å². The molecule has 0 spiro atoms. The molecule has 8 heteroatoms. The Bertz CT molecular complexity index is 849. The molecular weight excluding hydrogens is 365 g/mol. The fourth-order valence-corrected chi connectivity index (χ4v) is 4.74. The predicted octanol–water partition coefficient (Wildman–Crippen LogP) is 4.12. The van der Waals surface area contributed by atoms with Crippen molar-refractivity contribution in [3.63, 3.8) is 0 Å². The molecule has 1 aliphatic heterocycles. The molecule has 2 heterocycles. The number of halogens is 3. The van der Waals surface area contributed by atoms with Crippen LogP contribution in [-0.4, -0.2) is 18.5 Å². The van der Waals surface area contributed by atoms with Crippen LogP contribution in [0.4, 0.5) is 13.2 Å². The summed E-state index contributed by atoms with van der Waals surface area (Å²) in [5.41, 5.74) is 6.80. The molecule has 1 aliphatic carbocycles. The van der Waals surface area contributed by atoms with E-state index in [2.05, 4.69) is 5.32 Å². The number of piperidine rings is 1. The number of alkyl halides is 3. The fourth-order valence-electron chi connectivity index (χ4n) is 4.00. The quantitative estimate of drug-likeness (QED) is 0.836. The Morgan fingerprint density at radius 1 is 1.23 bits per heavy atom. The van der Waals surface area contributed by atoms with Crippen molar-refractivity contribution in [1.29, 1.82) is 0 Å². The molecule has 26 heavy (non-hydrogen) atoms. The SMILES string of the molecule is NC(=O)c1ccc(Oc2ccc(C(F)(F)F)s2)cc1C1CC2CC1CN2. The lowest BCUT2D eigenvalue weighted by atomic mass is 9.85. The number of hydrogen-bond donors (Lipinski definition) is 2. The number of carbonyl (C=O) groups is 1. The molecule has 2 fully saturated rings. The van der Waals surface area contributed by atoms with Gasteiger partial charge in [-0.05, 0) is 67.1 Å². The highest BCUT2D eigenvalue weighted by molar-refractivity contribution is 7.13. The highest BCUT2D eigenvalue weighted by Crippen LogP contribution is 2.46. The fraction of sp³-hybridized carbons (Fsp3) is 0.389. The van der Waals surface area contributed by atoms with Crippen molar-refractivity contribution in [2.24, 2.45) is 11.7 Å². The van der Waals surface area contributed by atoms with Crippen molar-refractivity contribution in [1.82, 2.24) is 5.32 Å². The molecule has 2 aliphatic rings. The first kappa shape index (κ1) is 17.4. The normalized spacial score (nSPS) is 24.8. The predicted molar refractivity (Wildman–Crippen MR) is 91.6 cm³/mol. The van der Waals surface area contributed by atoms with E-state index in [0.717, 1.165) is 31.0 Å². The van der Waals surface area contributed by atoms with Gasteiger partial charge in [0.15, 0.2) is 5.06 Å². The van der Waals surface area contributed by atoms with Gasteiger partial charge in [-0.1, -0.05) is 11.3 Å². The monoisotopic (exact) mass is 382 g/mol. The highest BCUT2D eigenvalue weighted by Gasteiger charge is 2.41. The summed E-state index contributed by atoms with van der Waals surface area (Å²) >= 11 is 0.547. The lowest BCUT2D eigenvalue weighted by molar-refractivity contribution is -0.134. The topological polar surface area (TPSA) is 64.4 Å². The third-order valence-corrected chi connectivity index (χ3v) is 6.14. The standard InChI is InChI=1S/C18H17F3N2O2S/c19-18(20,21)15-3-4-16(26-15)25-11-1-2-12(17(22)24)14(7-11)13-6-10-5-9(13)8-23-10/h1-4,7,9-10,13,23H,5-6,8H2,(H2,22,24). The maximum atomic E-state index is 12.7. The van der Waals surface area contributed by atoms with Crippen LogP contribution in [0.1, 0.15) is 39.6 Å². The highest BCUT2D eigenvalue weighted by atomic mass is 32.1. The van der Waals surface area contributed by atoms with E-state index in [1.807, 2.05) is 0 Å². The number of nitrogens with two attached hydrogens (primary N) is 1. The van der Waals surface area contributed by atoms with Crippen LogP contribution in [0.25, 0.3) is 0 Å². The van der Waals surface area contributed by atoms with Crippen molar-refractivity contribution >= 4 is 17.2 Å². The zero-order valence-corrected chi connectivity index (χ0v) is 14.5. The van der Waals surface area contributed by atoms with E-state index in [0.29, 0.717) is 34.6 Å². The third kappa shape index (κ3) is 3.19. The minimum absolute atomic E-state index is 0.157. The first-order chi connectivity index (χ1) is 12.3. The number of nitrogens with one attached hydrogen (secondary N) is 1. The number of carbonyl (C=O) groups excluding carboxylic acids is 1. The lowest BCUT2D eigenvalue weighted by Gasteiger charge is -2.24. The number of fused-ring (bicyclic) bond motifs is 2. The molecule has 1 amide bonds. The van der Waals surface area contributed by atoms with E-state index < -0.39 is 17.0 Å². The van der Waals surface area contributed by atoms with Gasteiger partial charge in [-0.2, -0.15) is 13.2 Å². The number of ether oxygens (including phenoxy) is 1. The molecule has 138 valence electrons. The molecular formula is C18H17F3N2O2S. The van der Waals surface area contributed by atoms with E-state index in [1.165, 1.54) is 6.07 Å². The second kappa shape index (κ2) is 6.28. The van der Waals surface area contributed by atoms with Crippen LogP contribution in [0.3, 0.4) is 0 Å². The number of amides is 1. The molecule has 2 bridgehead atoms. The summed E-state index contributed by atoms with van der Waals surface area (Å²) in [6.45, 7) is 0.901. The smallest absolute Gasteiger partial charge is 0.425 e. The van der Waals surface area contributed by atoms with Crippen LogP contribution in [0.2, 0.25) is 0 Å². The number of hydrogen-bond acceptors (Lipinski definition) is 4. The molecule has 4 nitrogen and oxygen atoms in total. The molecule has 1 aromatic heterocycles. The van der Waals surface area contributed by atoms with Gasteiger partial charge in [-0.15, -0.1) is 0 Å². The molecule has 1 saturated heterocycles. The van der Waals surface area contributed by atoms with Gasteiger partial charge >= 0.3 is 6.18 Å². The number of thiophene rings is 1. The summed E-state index contributed by atoms with van der Waals surface area (Å²) in [4.78, 5) is 11.1. The van der Waals surface area contributed by atoms with Crippen LogP contribution >= 0.6 is 11.3 Å². The number of benzene rings is 1. The maximum Gasteiger partial charge on any atom is 0.425 e. The van der Waals surface area contributed by atoms with E-state index in [9.17, 15) is 18.0 Å². The molecule has 0 radical (unpaired) electrons. The third-order valence-electron chi connectivity index (χ3n) is 5.13. The molecule has 2 aromatic rings. The zero-order valence-electron chi connectivity index (χ0n) is 13.7. The van der Waals surface area contributed by atoms with Crippen LogP contribution in [0.15, 0.2) is 30.3 Å². The molecule has 1 saturated carbocycles. The second-order valence-electron chi connectivity index (χ2n) is 6.77. The zero-order chi connectivity index (χ0) is 18.5. The second-order valence-corrected chi connectivity index (χ2v) is 7.82. The van der Waals surface area contributed by atoms with Crippen molar-refractivity contribution in [2.45, 2.75) is 31.0 Å². The van der Waals surface area contributed by atoms with E-state index in [4.69, 9.17) is 10.5 Å². The van der Waals surface area contributed by atoms with Crippen LogP contribution in [0, 0.1) is 5.92 Å². The van der Waals surface area contributed by atoms with Crippen molar-refractivity contribution in [3.8, 4) is 10.8 Å². The maximum absolute atomic E-state index is 12.7. The van der Waals surface area contributed by atoms with Crippen molar-refractivity contribution < 1.29 is 22.7 Å². The molecule has 3 atom stereocenters. The van der Waals surface area contributed by atoms with E-state index in [1.54, 1.807) is 18.2 Å². The minimum atomic E-state index is -4.39. The van der Waals surface area contributed by atoms with Gasteiger partial charge < -0.3 is 15.8 Å². The summed E-state index contributed by atoms with van der Waals surface area (Å²) in [5, 5.41) is 3.58. The van der Waals surface area contributed by atoms with Gasteiger partial charge in [0, 0.05) is 11.6 Å². The first-order valence-corrected chi connectivity index (χ1v) is 9.15. The Hall–Kier alpha value is -2.06. The summed E-state index contributed by atoms with van der Waals surface area (Å²) in [6.07, 6.45) is -2.40. The van der Waals surface area contributed by atoms with Crippen LogP contribution in [0.5, 0.6) is 10.8 Å². The molecule has 3 unspecified atom stereocenters. The molecule has 1 aromatic carbocycles. The molecule has 3 N–H and O–H groups in total. The van der Waals surface area contributed by atoms with Crippen molar-refractivity contribution in [2.75, 3.05) is 6.54 Å². The summed E-state index contributed by atoms with van der Waals surface area (Å²) in [6, 6.07) is 7.67. The Kier molecular flexibility index (Phi) is 4.19. The summed E-state index contributed by atoms with van der Waals surface area (Å²) in [7, 11) is 0. The van der Waals surface area contributed by atoms with E-state index >= 15 is 0 Å². The van der Waals surface area contributed by atoms with Gasteiger partial charge in [-0.25, -0.2) is 0 Å². The van der Waals surface area contributed by atoms with Crippen LogP contribution in [-0.2, 0) is 6.18 Å². The number of rotatable bonds is 4. The summed E-state index contributed by atoms with van der Waals surface area (Å²) in [5.74, 6) is 0.558. The van der Waals surface area contributed by atoms with Gasteiger partial charge in [0.25, 0.3) is 0 Å². The average Bonchev–Trinajstić information content (AvgIpc) is 3.30. The van der Waals surface area contributed by atoms with Gasteiger partial charge in [-0.3, -0.25) is 4.79 Å². The van der Waals surface area contributed by atoms with Gasteiger partial charge in [0.05, 0.1) is 0 Å². The molecule has 4 rings (SSSR count). The average molecular weight is 382 g/mol. The van der Waals surface area contributed by atoms with Gasteiger partial charge in [0.2, 0.25) is 5.91 Å². The Labute approximate surface area is 152 Å². The minimum Gasteiger partial charge on any atom is -0.447 e. The first-order valence-electron chi connectivity index (χ1n) is 8.33. The summed E-state index contributed by atoms with van der Waals surface area (Å²) < 4.78 is 43.8. The Morgan fingerprint density at radius 3 is 2.62 bits per heavy atom. The van der Waals surface area contributed by atoms with E-state index in [-0.39, 0.29) is 11.0 Å². The number of primary amides is 1. The lowest BCUT2D eigenvalue weighted by Crippen LogP contribution is -2.29. The Balaban J connectivity index is 1.62.